The number of aromatic amines is 1. The summed E-state index contributed by atoms with van der Waals surface area (Å²) in [5, 5.41) is 1.22. The monoisotopic (exact) mass is 152 g/mol. The maximum Gasteiger partial charge on any atom is 0.0929 e. The third-order valence-electron chi connectivity index (χ3n) is 1.75. The van der Waals surface area contributed by atoms with Gasteiger partial charge in [-0.05, 0) is 18.2 Å². The van der Waals surface area contributed by atoms with Gasteiger partial charge < -0.3 is 4.98 Å². The van der Waals surface area contributed by atoms with Gasteiger partial charge in [-0.15, -0.1) is 9.24 Å². The zero-order chi connectivity index (χ0) is 6.97. The molecule has 1 unspecified atom stereocenters. The van der Waals surface area contributed by atoms with Crippen molar-refractivity contribution in [1.29, 1.82) is 0 Å². The van der Waals surface area contributed by atoms with E-state index in [1.165, 1.54) is 11.0 Å². The fourth-order valence-corrected chi connectivity index (χ4v) is 1.64. The highest BCUT2D eigenvalue weighted by molar-refractivity contribution is 7.31. The van der Waals surface area contributed by atoms with Crippen LogP contribution in [0, 0.1) is 0 Å². The summed E-state index contributed by atoms with van der Waals surface area (Å²) in [6, 6.07) is 0. The number of H-pyrrole nitrogens is 1. The van der Waals surface area contributed by atoms with Crippen LogP contribution >= 0.6 is 9.24 Å². The molecule has 2 nitrogen and oxygen atoms in total. The van der Waals surface area contributed by atoms with E-state index in [0.717, 1.165) is 18.5 Å². The molecule has 0 saturated carbocycles. The molecule has 0 aromatic carbocycles. The standard InChI is InChI=1S/C7H9N2P/c10-6-3-1-2-5-7(6)9-4-8-5/h3-4H,1-2,10H2,(H,8,9). The van der Waals surface area contributed by atoms with Gasteiger partial charge in [-0.3, -0.25) is 0 Å². The number of rotatable bonds is 0. The van der Waals surface area contributed by atoms with E-state index in [-0.39, 0.29) is 0 Å². The molecular weight excluding hydrogens is 143 g/mol. The number of imidazole rings is 1. The highest BCUT2D eigenvalue weighted by atomic mass is 31.0. The van der Waals surface area contributed by atoms with Crippen LogP contribution in [-0.2, 0) is 6.42 Å². The van der Waals surface area contributed by atoms with Crippen molar-refractivity contribution in [3.05, 3.63) is 23.8 Å². The molecule has 1 aromatic rings. The number of hydrogen-bond acceptors (Lipinski definition) is 1. The van der Waals surface area contributed by atoms with Crippen LogP contribution in [0.3, 0.4) is 0 Å². The Balaban J connectivity index is 2.55. The Morgan fingerprint density at radius 1 is 1.60 bits per heavy atom. The van der Waals surface area contributed by atoms with Gasteiger partial charge in [0.05, 0.1) is 12.0 Å². The Kier molecular flexibility index (Phi) is 1.35. The first kappa shape index (κ1) is 6.11. The molecule has 0 radical (unpaired) electrons. The zero-order valence-corrected chi connectivity index (χ0v) is 6.75. The average molecular weight is 152 g/mol. The maximum absolute atomic E-state index is 4.19. The van der Waals surface area contributed by atoms with Gasteiger partial charge in [0.2, 0.25) is 0 Å². The summed E-state index contributed by atoms with van der Waals surface area (Å²) >= 11 is 0. The summed E-state index contributed by atoms with van der Waals surface area (Å²) in [5.41, 5.74) is 2.39. The van der Waals surface area contributed by atoms with Gasteiger partial charge in [-0.25, -0.2) is 4.98 Å². The van der Waals surface area contributed by atoms with Gasteiger partial charge in [0, 0.05) is 5.69 Å². The van der Waals surface area contributed by atoms with Gasteiger partial charge in [0.25, 0.3) is 0 Å². The summed E-state index contributed by atoms with van der Waals surface area (Å²) in [4.78, 5) is 7.32. The lowest BCUT2D eigenvalue weighted by molar-refractivity contribution is 0.941. The van der Waals surface area contributed by atoms with Crippen LogP contribution in [0.25, 0.3) is 5.31 Å². The van der Waals surface area contributed by atoms with Gasteiger partial charge in [0.1, 0.15) is 0 Å². The largest absolute Gasteiger partial charge is 0.348 e. The summed E-state index contributed by atoms with van der Waals surface area (Å²) in [5.74, 6) is 0. The molecule has 2 rings (SSSR count). The van der Waals surface area contributed by atoms with Crippen LogP contribution < -0.4 is 0 Å². The molecule has 1 N–H and O–H groups in total. The molecule has 1 atom stereocenters. The number of fused-ring (bicyclic) bond motifs is 1. The van der Waals surface area contributed by atoms with Gasteiger partial charge >= 0.3 is 0 Å². The van der Waals surface area contributed by atoms with Crippen molar-refractivity contribution in [2.75, 3.05) is 0 Å². The van der Waals surface area contributed by atoms with Crippen molar-refractivity contribution in [1.82, 2.24) is 9.97 Å². The number of aromatic nitrogens is 2. The maximum atomic E-state index is 4.19. The first-order chi connectivity index (χ1) is 4.88. The molecule has 3 heteroatoms. The van der Waals surface area contributed by atoms with Crippen molar-refractivity contribution < 1.29 is 0 Å². The lowest BCUT2D eigenvalue weighted by Gasteiger charge is -2.06. The molecule has 1 aliphatic carbocycles. The summed E-state index contributed by atoms with van der Waals surface area (Å²) in [6.07, 6.45) is 6.20. The van der Waals surface area contributed by atoms with E-state index in [2.05, 4.69) is 25.3 Å². The predicted octanol–water partition coefficient (Wildman–Crippen LogP) is 1.57. The molecule has 0 fully saturated rings. The minimum absolute atomic E-state index is 1.10. The SMILES string of the molecule is PC1=CCCc2[nH]cnc21. The topological polar surface area (TPSA) is 28.7 Å². The van der Waals surface area contributed by atoms with Crippen LogP contribution in [0.2, 0.25) is 0 Å². The van der Waals surface area contributed by atoms with E-state index in [9.17, 15) is 0 Å². The molecule has 10 heavy (non-hydrogen) atoms. The van der Waals surface area contributed by atoms with Gasteiger partial charge in [-0.2, -0.15) is 0 Å². The van der Waals surface area contributed by atoms with Crippen LogP contribution in [0.4, 0.5) is 0 Å². The van der Waals surface area contributed by atoms with Crippen molar-refractivity contribution >= 4 is 14.6 Å². The van der Waals surface area contributed by atoms with Gasteiger partial charge in [0.15, 0.2) is 0 Å². The van der Waals surface area contributed by atoms with Crippen molar-refractivity contribution in [2.45, 2.75) is 12.8 Å². The van der Waals surface area contributed by atoms with E-state index < -0.39 is 0 Å². The molecule has 0 aliphatic heterocycles. The van der Waals surface area contributed by atoms with E-state index in [1.807, 2.05) is 0 Å². The minimum atomic E-state index is 1.10. The van der Waals surface area contributed by atoms with E-state index in [0.29, 0.717) is 0 Å². The first-order valence-corrected chi connectivity index (χ1v) is 3.94. The second-order valence-corrected chi connectivity index (χ2v) is 3.05. The number of nitrogens with one attached hydrogen (secondary N) is 1. The molecule has 1 heterocycles. The molecule has 52 valence electrons. The Labute approximate surface area is 62.0 Å². The molecule has 1 aromatic heterocycles. The van der Waals surface area contributed by atoms with E-state index in [4.69, 9.17) is 0 Å². The fraction of sp³-hybridized carbons (Fsp3) is 0.286. The molecule has 0 amide bonds. The van der Waals surface area contributed by atoms with Crippen LogP contribution in [-0.4, -0.2) is 9.97 Å². The molecular formula is C7H9N2P. The third kappa shape index (κ3) is 0.800. The second kappa shape index (κ2) is 2.21. The number of aryl methyl sites for hydroxylation is 1. The Bertz CT molecular complexity index is 275. The van der Waals surface area contributed by atoms with Crippen LogP contribution in [0.1, 0.15) is 17.8 Å². The quantitative estimate of drug-likeness (QED) is 0.561. The van der Waals surface area contributed by atoms with Crippen LogP contribution in [0.15, 0.2) is 12.4 Å². The lowest BCUT2D eigenvalue weighted by Crippen LogP contribution is -1.94. The highest BCUT2D eigenvalue weighted by Crippen LogP contribution is 2.27. The number of allylic oxidation sites excluding steroid dienone is 1. The molecule has 0 spiro atoms. The Morgan fingerprint density at radius 2 is 2.50 bits per heavy atom. The van der Waals surface area contributed by atoms with Gasteiger partial charge in [-0.1, -0.05) is 6.08 Å². The van der Waals surface area contributed by atoms with Crippen molar-refractivity contribution in [3.8, 4) is 0 Å². The summed E-state index contributed by atoms with van der Waals surface area (Å²) in [7, 11) is 2.70. The molecule has 0 saturated heterocycles. The fourth-order valence-electron chi connectivity index (χ4n) is 1.23. The molecule has 1 aliphatic rings. The summed E-state index contributed by atoms with van der Waals surface area (Å²) in [6.45, 7) is 0. The van der Waals surface area contributed by atoms with Crippen molar-refractivity contribution in [2.24, 2.45) is 0 Å². The highest BCUT2D eigenvalue weighted by Gasteiger charge is 2.10. The zero-order valence-electron chi connectivity index (χ0n) is 5.59. The second-order valence-electron chi connectivity index (χ2n) is 2.43. The normalized spacial score (nSPS) is 16.3. The Hall–Kier alpha value is -0.620. The van der Waals surface area contributed by atoms with E-state index >= 15 is 0 Å². The average Bonchev–Trinajstić information content (AvgIpc) is 2.36. The third-order valence-corrected chi connectivity index (χ3v) is 2.26. The molecule has 0 bridgehead atoms. The lowest BCUT2D eigenvalue weighted by atomic mass is 10.1. The van der Waals surface area contributed by atoms with Crippen LogP contribution in [0.5, 0.6) is 0 Å². The smallest absolute Gasteiger partial charge is 0.0929 e. The minimum Gasteiger partial charge on any atom is -0.348 e. The Morgan fingerprint density at radius 3 is 3.30 bits per heavy atom. The van der Waals surface area contributed by atoms with Crippen molar-refractivity contribution in [3.63, 3.8) is 0 Å². The number of nitrogens with zero attached hydrogens (tertiary/aromatic N) is 1. The predicted molar refractivity (Wildman–Crippen MR) is 44.6 cm³/mol. The van der Waals surface area contributed by atoms with E-state index in [1.54, 1.807) is 6.33 Å². The summed E-state index contributed by atoms with van der Waals surface area (Å²) < 4.78 is 0. The first-order valence-electron chi connectivity index (χ1n) is 3.36. The number of hydrogen-bond donors (Lipinski definition) is 1.